The van der Waals surface area contributed by atoms with Crippen LogP contribution >= 0.6 is 0 Å². The molecule has 0 spiro atoms. The predicted molar refractivity (Wildman–Crippen MR) is 71.1 cm³/mol. The Morgan fingerprint density at radius 3 is 2.44 bits per heavy atom. The van der Waals surface area contributed by atoms with E-state index in [0.717, 1.165) is 23.0 Å². The van der Waals surface area contributed by atoms with Crippen molar-refractivity contribution in [3.8, 4) is 11.5 Å². The van der Waals surface area contributed by atoms with E-state index in [-0.39, 0.29) is 0 Å². The number of ether oxygens (including phenoxy) is 2. The largest absolute Gasteiger partial charge is 0.497 e. The van der Waals surface area contributed by atoms with Crippen LogP contribution in [0, 0.1) is 0 Å². The van der Waals surface area contributed by atoms with Gasteiger partial charge in [0.2, 0.25) is 0 Å². The molecule has 2 rings (SSSR count). The van der Waals surface area contributed by atoms with E-state index in [2.05, 4.69) is 10.3 Å². The lowest BCUT2D eigenvalue weighted by atomic mass is 10.3. The summed E-state index contributed by atoms with van der Waals surface area (Å²) in [7, 11) is 3.49. The first-order valence-electron chi connectivity index (χ1n) is 5.72. The van der Waals surface area contributed by atoms with E-state index in [1.807, 2.05) is 49.5 Å². The number of rotatable bonds is 5. The van der Waals surface area contributed by atoms with Gasteiger partial charge in [-0.3, -0.25) is 0 Å². The normalized spacial score (nSPS) is 9.89. The molecule has 1 aromatic heterocycles. The summed E-state index contributed by atoms with van der Waals surface area (Å²) in [5, 5.41) is 3.00. The molecule has 0 saturated carbocycles. The van der Waals surface area contributed by atoms with Crippen LogP contribution in [0.4, 0.5) is 5.82 Å². The summed E-state index contributed by atoms with van der Waals surface area (Å²) in [6, 6.07) is 13.3. The first-order valence-corrected chi connectivity index (χ1v) is 5.72. The lowest BCUT2D eigenvalue weighted by molar-refractivity contribution is 0.301. The van der Waals surface area contributed by atoms with Gasteiger partial charge in [0.25, 0.3) is 0 Å². The van der Waals surface area contributed by atoms with Gasteiger partial charge in [-0.15, -0.1) is 0 Å². The monoisotopic (exact) mass is 244 g/mol. The smallest absolute Gasteiger partial charge is 0.130 e. The number of benzene rings is 1. The molecule has 0 aliphatic heterocycles. The number of methoxy groups -OCH3 is 1. The number of nitrogens with one attached hydrogen (secondary N) is 1. The van der Waals surface area contributed by atoms with Crippen molar-refractivity contribution in [3.63, 3.8) is 0 Å². The third kappa shape index (κ3) is 3.13. The third-order valence-electron chi connectivity index (χ3n) is 2.51. The third-order valence-corrected chi connectivity index (χ3v) is 2.51. The molecule has 18 heavy (non-hydrogen) atoms. The summed E-state index contributed by atoms with van der Waals surface area (Å²) in [4.78, 5) is 4.38. The minimum Gasteiger partial charge on any atom is -0.497 e. The zero-order valence-electron chi connectivity index (χ0n) is 10.5. The first-order chi connectivity index (χ1) is 8.81. The van der Waals surface area contributed by atoms with E-state index < -0.39 is 0 Å². The molecule has 4 nitrogen and oxygen atoms in total. The first kappa shape index (κ1) is 12.2. The van der Waals surface area contributed by atoms with Gasteiger partial charge in [-0.05, 0) is 36.4 Å². The minimum atomic E-state index is 0.446. The molecule has 0 radical (unpaired) electrons. The Hall–Kier alpha value is -2.23. The number of hydrogen-bond acceptors (Lipinski definition) is 4. The molecule has 1 aromatic carbocycles. The van der Waals surface area contributed by atoms with Crippen LogP contribution in [0.2, 0.25) is 0 Å². The van der Waals surface area contributed by atoms with Crippen molar-refractivity contribution < 1.29 is 9.47 Å². The Morgan fingerprint density at radius 2 is 1.78 bits per heavy atom. The molecule has 4 heteroatoms. The van der Waals surface area contributed by atoms with Crippen molar-refractivity contribution in [2.24, 2.45) is 0 Å². The summed E-state index contributed by atoms with van der Waals surface area (Å²) in [6.07, 6.45) is 0. The molecule has 0 amide bonds. The van der Waals surface area contributed by atoms with Gasteiger partial charge < -0.3 is 14.8 Å². The maximum absolute atomic E-state index is 5.65. The van der Waals surface area contributed by atoms with Crippen LogP contribution in [0.3, 0.4) is 0 Å². The van der Waals surface area contributed by atoms with Crippen molar-refractivity contribution in [1.29, 1.82) is 0 Å². The molecule has 0 fully saturated rings. The van der Waals surface area contributed by atoms with Crippen molar-refractivity contribution in [1.82, 2.24) is 4.98 Å². The Balaban J connectivity index is 1.97. The summed E-state index contributed by atoms with van der Waals surface area (Å²) in [5.41, 5.74) is 0.887. The van der Waals surface area contributed by atoms with Gasteiger partial charge in [-0.25, -0.2) is 4.98 Å². The highest BCUT2D eigenvalue weighted by Gasteiger charge is 1.99. The molecule has 0 atom stereocenters. The number of nitrogens with zero attached hydrogens (tertiary/aromatic N) is 1. The summed E-state index contributed by atoms with van der Waals surface area (Å²) >= 11 is 0. The van der Waals surface area contributed by atoms with Gasteiger partial charge in [-0.1, -0.05) is 6.07 Å². The maximum atomic E-state index is 5.65. The van der Waals surface area contributed by atoms with E-state index in [1.54, 1.807) is 7.11 Å². The van der Waals surface area contributed by atoms with Gasteiger partial charge in [0.1, 0.15) is 23.9 Å². The molecule has 1 N–H and O–H groups in total. The zero-order chi connectivity index (χ0) is 12.8. The van der Waals surface area contributed by atoms with Gasteiger partial charge in [0.05, 0.1) is 12.8 Å². The van der Waals surface area contributed by atoms with Gasteiger partial charge in [-0.2, -0.15) is 0 Å². The predicted octanol–water partition coefficient (Wildman–Crippen LogP) is 2.71. The molecule has 94 valence electrons. The molecule has 0 aliphatic carbocycles. The molecule has 0 saturated heterocycles. The highest BCUT2D eigenvalue weighted by molar-refractivity contribution is 5.34. The van der Waals surface area contributed by atoms with E-state index in [0.29, 0.717) is 6.61 Å². The SMILES string of the molecule is CNc1cccc(COc2ccc(OC)cc2)n1. The molecule has 2 aromatic rings. The van der Waals surface area contributed by atoms with Crippen LogP contribution < -0.4 is 14.8 Å². The van der Waals surface area contributed by atoms with E-state index in [1.165, 1.54) is 0 Å². The second kappa shape index (κ2) is 5.91. The lowest BCUT2D eigenvalue weighted by Gasteiger charge is -2.07. The fraction of sp³-hybridized carbons (Fsp3) is 0.214. The standard InChI is InChI=1S/C14H16N2O2/c1-15-14-5-3-4-11(16-14)10-18-13-8-6-12(17-2)7-9-13/h3-9H,10H2,1-2H3,(H,15,16). The summed E-state index contributed by atoms with van der Waals surface area (Å²) < 4.78 is 10.7. The summed E-state index contributed by atoms with van der Waals surface area (Å²) in [5.74, 6) is 2.45. The average molecular weight is 244 g/mol. The van der Waals surface area contributed by atoms with Crippen LogP contribution in [0.15, 0.2) is 42.5 Å². The van der Waals surface area contributed by atoms with Crippen LogP contribution in [0.1, 0.15) is 5.69 Å². The fourth-order valence-corrected chi connectivity index (χ4v) is 1.53. The fourth-order valence-electron chi connectivity index (χ4n) is 1.53. The Labute approximate surface area is 107 Å². The molecule has 0 bridgehead atoms. The number of hydrogen-bond donors (Lipinski definition) is 1. The van der Waals surface area contributed by atoms with E-state index in [9.17, 15) is 0 Å². The van der Waals surface area contributed by atoms with Crippen molar-refractivity contribution >= 4 is 5.82 Å². The van der Waals surface area contributed by atoms with Crippen molar-refractivity contribution in [2.75, 3.05) is 19.5 Å². The lowest BCUT2D eigenvalue weighted by Crippen LogP contribution is -2.00. The van der Waals surface area contributed by atoms with Crippen molar-refractivity contribution in [3.05, 3.63) is 48.2 Å². The Bertz CT molecular complexity index is 497. The zero-order valence-corrected chi connectivity index (χ0v) is 10.5. The molecule has 0 unspecified atom stereocenters. The van der Waals surface area contributed by atoms with Gasteiger partial charge in [0.15, 0.2) is 0 Å². The van der Waals surface area contributed by atoms with Crippen molar-refractivity contribution in [2.45, 2.75) is 6.61 Å². The van der Waals surface area contributed by atoms with Gasteiger partial charge >= 0.3 is 0 Å². The quantitative estimate of drug-likeness (QED) is 0.878. The topological polar surface area (TPSA) is 43.4 Å². The molecular formula is C14H16N2O2. The second-order valence-corrected chi connectivity index (χ2v) is 3.73. The maximum Gasteiger partial charge on any atom is 0.130 e. The minimum absolute atomic E-state index is 0.446. The van der Waals surface area contributed by atoms with Crippen LogP contribution in [0.5, 0.6) is 11.5 Å². The van der Waals surface area contributed by atoms with Crippen LogP contribution in [-0.4, -0.2) is 19.1 Å². The molecule has 0 aliphatic rings. The number of pyridine rings is 1. The average Bonchev–Trinajstić information content (AvgIpc) is 2.46. The summed E-state index contributed by atoms with van der Waals surface area (Å²) in [6.45, 7) is 0.446. The van der Waals surface area contributed by atoms with Gasteiger partial charge in [0, 0.05) is 7.05 Å². The Kier molecular flexibility index (Phi) is 4.02. The molecular weight excluding hydrogens is 228 g/mol. The number of anilines is 1. The van der Waals surface area contributed by atoms with E-state index >= 15 is 0 Å². The van der Waals surface area contributed by atoms with Crippen LogP contribution in [0.25, 0.3) is 0 Å². The number of aromatic nitrogens is 1. The second-order valence-electron chi connectivity index (χ2n) is 3.73. The highest BCUT2D eigenvalue weighted by Crippen LogP contribution is 2.18. The van der Waals surface area contributed by atoms with Crippen LogP contribution in [-0.2, 0) is 6.61 Å². The van der Waals surface area contributed by atoms with E-state index in [4.69, 9.17) is 9.47 Å². The Morgan fingerprint density at radius 1 is 1.06 bits per heavy atom. The molecule has 1 heterocycles. The highest BCUT2D eigenvalue weighted by atomic mass is 16.5.